The highest BCUT2D eigenvalue weighted by molar-refractivity contribution is 7.99. The standard InChI is InChI=1S/C24H23ClN6OS/c1-4-14-30-23(18-10-12-19(25)13-11-18)27-28-24(30)33-15-21(32)26-22-16(2)29-31(17(22)3)20-8-6-5-7-9-20/h4-13H,1,14-15H2,2-3H3,(H,26,32). The summed E-state index contributed by atoms with van der Waals surface area (Å²) in [6.45, 7) is 8.18. The maximum Gasteiger partial charge on any atom is 0.234 e. The van der Waals surface area contributed by atoms with Gasteiger partial charge in [-0.2, -0.15) is 5.10 Å². The Kier molecular flexibility index (Phi) is 6.96. The number of aryl methyl sites for hydroxylation is 1. The molecule has 4 aromatic rings. The van der Waals surface area contributed by atoms with Gasteiger partial charge in [-0.15, -0.1) is 16.8 Å². The normalized spacial score (nSPS) is 10.9. The number of thioether (sulfide) groups is 1. The van der Waals surface area contributed by atoms with Gasteiger partial charge < -0.3 is 5.32 Å². The number of aromatic nitrogens is 5. The SMILES string of the molecule is C=CCn1c(SCC(=O)Nc2c(C)nn(-c3ccccc3)c2C)nnc1-c1ccc(Cl)cc1. The highest BCUT2D eigenvalue weighted by Crippen LogP contribution is 2.26. The summed E-state index contributed by atoms with van der Waals surface area (Å²) >= 11 is 7.33. The first kappa shape index (κ1) is 22.8. The number of nitrogens with zero attached hydrogens (tertiary/aromatic N) is 5. The lowest BCUT2D eigenvalue weighted by Gasteiger charge is -2.09. The first-order valence-electron chi connectivity index (χ1n) is 10.3. The van der Waals surface area contributed by atoms with Crippen LogP contribution < -0.4 is 5.32 Å². The van der Waals surface area contributed by atoms with Crippen LogP contribution in [0.5, 0.6) is 0 Å². The van der Waals surface area contributed by atoms with Crippen LogP contribution in [0.15, 0.2) is 72.4 Å². The Morgan fingerprint density at radius 2 is 1.85 bits per heavy atom. The van der Waals surface area contributed by atoms with Crippen LogP contribution in [0.1, 0.15) is 11.4 Å². The smallest absolute Gasteiger partial charge is 0.234 e. The van der Waals surface area contributed by atoms with Crippen LogP contribution in [0.4, 0.5) is 5.69 Å². The average molecular weight is 479 g/mol. The number of hydrogen-bond acceptors (Lipinski definition) is 5. The highest BCUT2D eigenvalue weighted by atomic mass is 35.5. The van der Waals surface area contributed by atoms with Crippen LogP contribution in [0.25, 0.3) is 17.1 Å². The first-order chi connectivity index (χ1) is 16.0. The molecule has 0 aliphatic rings. The molecule has 168 valence electrons. The van der Waals surface area contributed by atoms with Crippen molar-refractivity contribution in [1.29, 1.82) is 0 Å². The summed E-state index contributed by atoms with van der Waals surface area (Å²) in [5.41, 5.74) is 4.19. The van der Waals surface area contributed by atoms with Crippen LogP contribution in [0, 0.1) is 13.8 Å². The van der Waals surface area contributed by atoms with Gasteiger partial charge in [0.25, 0.3) is 0 Å². The third-order valence-electron chi connectivity index (χ3n) is 5.02. The molecule has 0 saturated carbocycles. The molecule has 0 saturated heterocycles. The summed E-state index contributed by atoms with van der Waals surface area (Å²) < 4.78 is 3.76. The topological polar surface area (TPSA) is 77.6 Å². The molecular formula is C24H23ClN6OS. The van der Waals surface area contributed by atoms with Gasteiger partial charge in [-0.1, -0.05) is 47.6 Å². The molecule has 1 amide bonds. The summed E-state index contributed by atoms with van der Waals surface area (Å²) in [5, 5.41) is 17.5. The molecule has 2 aromatic carbocycles. The largest absolute Gasteiger partial charge is 0.322 e. The minimum absolute atomic E-state index is 0.139. The summed E-state index contributed by atoms with van der Waals surface area (Å²) in [6, 6.07) is 17.2. The number of benzene rings is 2. The molecule has 0 unspecified atom stereocenters. The fraction of sp³-hybridized carbons (Fsp3) is 0.167. The van der Waals surface area contributed by atoms with E-state index in [1.54, 1.807) is 6.08 Å². The Labute approximate surface area is 201 Å². The molecule has 33 heavy (non-hydrogen) atoms. The van der Waals surface area contributed by atoms with Gasteiger partial charge in [0.15, 0.2) is 11.0 Å². The van der Waals surface area contributed by atoms with Gasteiger partial charge in [0.2, 0.25) is 5.91 Å². The number of hydrogen-bond donors (Lipinski definition) is 1. The van der Waals surface area contributed by atoms with E-state index >= 15 is 0 Å². The van der Waals surface area contributed by atoms with E-state index in [1.165, 1.54) is 11.8 Å². The summed E-state index contributed by atoms with van der Waals surface area (Å²) in [7, 11) is 0. The average Bonchev–Trinajstić information content (AvgIpc) is 3.35. The first-order valence-corrected chi connectivity index (χ1v) is 11.7. The second-order valence-electron chi connectivity index (χ2n) is 7.34. The van der Waals surface area contributed by atoms with Crippen LogP contribution >= 0.6 is 23.4 Å². The van der Waals surface area contributed by atoms with E-state index in [-0.39, 0.29) is 11.7 Å². The zero-order valence-corrected chi connectivity index (χ0v) is 19.9. The van der Waals surface area contributed by atoms with Gasteiger partial charge in [-0.25, -0.2) is 4.68 Å². The van der Waals surface area contributed by atoms with E-state index < -0.39 is 0 Å². The number of para-hydroxylation sites is 1. The van der Waals surface area contributed by atoms with E-state index in [2.05, 4.69) is 27.2 Å². The molecule has 7 nitrogen and oxygen atoms in total. The predicted molar refractivity (Wildman–Crippen MR) is 133 cm³/mol. The minimum atomic E-state index is -0.139. The van der Waals surface area contributed by atoms with E-state index in [0.717, 1.165) is 28.3 Å². The Balaban J connectivity index is 1.48. The monoisotopic (exact) mass is 478 g/mol. The maximum atomic E-state index is 12.8. The molecule has 9 heteroatoms. The Bertz CT molecular complexity index is 1280. The molecule has 4 rings (SSSR count). The van der Waals surface area contributed by atoms with Gasteiger partial charge in [-0.05, 0) is 50.2 Å². The zero-order chi connectivity index (χ0) is 23.4. The molecule has 0 radical (unpaired) electrons. The number of amides is 1. The van der Waals surface area contributed by atoms with Crippen LogP contribution in [-0.4, -0.2) is 36.2 Å². The van der Waals surface area contributed by atoms with Gasteiger partial charge in [0.1, 0.15) is 0 Å². The fourth-order valence-corrected chi connectivity index (χ4v) is 4.33. The third-order valence-corrected chi connectivity index (χ3v) is 6.24. The molecule has 1 N–H and O–H groups in total. The van der Waals surface area contributed by atoms with Crippen molar-refractivity contribution < 1.29 is 4.79 Å². The molecule has 2 heterocycles. The molecule has 0 fully saturated rings. The summed E-state index contributed by atoms with van der Waals surface area (Å²) in [6.07, 6.45) is 1.78. The van der Waals surface area contributed by atoms with Crippen molar-refractivity contribution in [2.45, 2.75) is 25.5 Å². The Morgan fingerprint density at radius 1 is 1.12 bits per heavy atom. The van der Waals surface area contributed by atoms with Gasteiger partial charge in [-0.3, -0.25) is 9.36 Å². The molecule has 0 aliphatic heterocycles. The van der Waals surface area contributed by atoms with Crippen molar-refractivity contribution in [1.82, 2.24) is 24.5 Å². The molecule has 0 bridgehead atoms. The number of carbonyl (C=O) groups excluding carboxylic acids is 1. The lowest BCUT2D eigenvalue weighted by atomic mass is 10.2. The Hall–Kier alpha value is -3.36. The van der Waals surface area contributed by atoms with E-state index in [0.29, 0.717) is 22.5 Å². The Morgan fingerprint density at radius 3 is 2.55 bits per heavy atom. The van der Waals surface area contributed by atoms with Gasteiger partial charge >= 0.3 is 0 Å². The highest BCUT2D eigenvalue weighted by Gasteiger charge is 2.18. The second-order valence-corrected chi connectivity index (χ2v) is 8.72. The van der Waals surface area contributed by atoms with Crippen molar-refractivity contribution in [2.24, 2.45) is 0 Å². The number of nitrogens with one attached hydrogen (secondary N) is 1. The predicted octanol–water partition coefficient (Wildman–Crippen LogP) is 5.32. The fourth-order valence-electron chi connectivity index (χ4n) is 3.45. The lowest BCUT2D eigenvalue weighted by Crippen LogP contribution is -2.16. The van der Waals surface area contributed by atoms with Crippen molar-refractivity contribution in [3.63, 3.8) is 0 Å². The van der Waals surface area contributed by atoms with Crippen LogP contribution in [0.3, 0.4) is 0 Å². The molecule has 0 spiro atoms. The number of carbonyl (C=O) groups is 1. The molecule has 0 atom stereocenters. The number of halogens is 1. The second kappa shape index (κ2) is 10.1. The lowest BCUT2D eigenvalue weighted by molar-refractivity contribution is -0.113. The van der Waals surface area contributed by atoms with E-state index in [9.17, 15) is 4.79 Å². The zero-order valence-electron chi connectivity index (χ0n) is 18.3. The van der Waals surface area contributed by atoms with Crippen LogP contribution in [0.2, 0.25) is 5.02 Å². The van der Waals surface area contributed by atoms with Crippen LogP contribution in [-0.2, 0) is 11.3 Å². The summed E-state index contributed by atoms with van der Waals surface area (Å²) in [4.78, 5) is 12.8. The number of rotatable bonds is 8. The maximum absolute atomic E-state index is 12.8. The van der Waals surface area contributed by atoms with Gasteiger partial charge in [0.05, 0.1) is 28.5 Å². The third kappa shape index (κ3) is 5.02. The van der Waals surface area contributed by atoms with Gasteiger partial charge in [0, 0.05) is 17.1 Å². The number of allylic oxidation sites excluding steroid dienone is 1. The van der Waals surface area contributed by atoms with Crippen molar-refractivity contribution in [3.8, 4) is 17.1 Å². The molecule has 2 aromatic heterocycles. The van der Waals surface area contributed by atoms with Crippen molar-refractivity contribution in [3.05, 3.63) is 83.7 Å². The summed E-state index contributed by atoms with van der Waals surface area (Å²) in [5.74, 6) is 0.746. The van der Waals surface area contributed by atoms with Crippen molar-refractivity contribution in [2.75, 3.05) is 11.1 Å². The minimum Gasteiger partial charge on any atom is -0.322 e. The van der Waals surface area contributed by atoms with E-state index in [1.807, 2.05) is 77.7 Å². The molecule has 0 aliphatic carbocycles. The number of anilines is 1. The molecular weight excluding hydrogens is 456 g/mol. The van der Waals surface area contributed by atoms with E-state index in [4.69, 9.17) is 11.6 Å². The van der Waals surface area contributed by atoms with Crippen molar-refractivity contribution >= 4 is 35.0 Å². The quantitative estimate of drug-likeness (QED) is 0.274.